The van der Waals surface area contributed by atoms with Crippen LogP contribution in [-0.4, -0.2) is 43.8 Å². The average molecular weight is 242 g/mol. The molecule has 0 aromatic carbocycles. The van der Waals surface area contributed by atoms with Gasteiger partial charge in [0.1, 0.15) is 6.42 Å². The molecule has 1 atom stereocenters. The first-order chi connectivity index (χ1) is 6.63. The van der Waals surface area contributed by atoms with E-state index in [1.165, 1.54) is 0 Å². The van der Waals surface area contributed by atoms with Crippen molar-refractivity contribution >= 4 is 25.5 Å². The van der Waals surface area contributed by atoms with Crippen LogP contribution in [0, 0.1) is 0 Å². The van der Waals surface area contributed by atoms with Crippen molar-refractivity contribution < 1.29 is 43.5 Å². The third-order valence-corrected chi connectivity index (χ3v) is 1.57. The number of carbonyl (C=O) groups is 3. The van der Waals surface area contributed by atoms with Crippen molar-refractivity contribution in [2.24, 2.45) is 0 Å². The van der Waals surface area contributed by atoms with Crippen LogP contribution < -0.4 is 0 Å². The van der Waals surface area contributed by atoms with Gasteiger partial charge in [0.25, 0.3) is 0 Å². The zero-order valence-electron chi connectivity index (χ0n) is 7.06. The van der Waals surface area contributed by atoms with Crippen molar-refractivity contribution in [1.29, 1.82) is 0 Å². The zero-order valence-corrected chi connectivity index (χ0v) is 7.96. The molecule has 0 heterocycles. The fourth-order valence-corrected chi connectivity index (χ4v) is 1.10. The van der Waals surface area contributed by atoms with E-state index in [1.807, 2.05) is 0 Å². The maximum absolute atomic E-state index is 10.8. The van der Waals surface area contributed by atoms with Crippen LogP contribution in [0.3, 0.4) is 0 Å². The van der Waals surface area contributed by atoms with Gasteiger partial charge < -0.3 is 20.0 Å². The van der Waals surface area contributed by atoms with Crippen LogP contribution in [0.4, 0.5) is 0 Å². The lowest BCUT2D eigenvalue weighted by molar-refractivity contribution is -0.153. The van der Waals surface area contributed by atoms with Gasteiger partial charge >= 0.3 is 19.8 Å². The molecule has 0 fully saturated rings. The summed E-state index contributed by atoms with van der Waals surface area (Å²) in [5.41, 5.74) is 0. The second-order valence-electron chi connectivity index (χ2n) is 2.35. The maximum atomic E-state index is 10.8. The van der Waals surface area contributed by atoms with E-state index in [0.29, 0.717) is 0 Å². The zero-order chi connectivity index (χ0) is 12.2. The third kappa shape index (κ3) is 5.92. The quantitative estimate of drug-likeness (QED) is 0.324. The second-order valence-corrected chi connectivity index (χ2v) is 3.54. The first-order valence-corrected chi connectivity index (χ1v) is 4.88. The predicted molar refractivity (Wildman–Crippen MR) is 41.8 cm³/mol. The molecule has 10 heteroatoms. The van der Waals surface area contributed by atoms with Gasteiger partial charge in [0, 0.05) is 0 Å². The predicted octanol–water partition coefficient (Wildman–Crippen LogP) is -1.41. The molecule has 0 spiro atoms. The summed E-state index contributed by atoms with van der Waals surface area (Å²) in [7, 11) is -5.17. The Bertz CT molecular complexity index is 327. The SMILES string of the molecule is O=C(O)CC(=O)C(OP(=O)(O)O)C(=O)O. The summed E-state index contributed by atoms with van der Waals surface area (Å²) in [5, 5.41) is 16.5. The van der Waals surface area contributed by atoms with Crippen molar-refractivity contribution in [3.05, 3.63) is 0 Å². The Kier molecular flexibility index (Phi) is 4.56. The van der Waals surface area contributed by atoms with Crippen LogP contribution in [0.2, 0.25) is 0 Å². The van der Waals surface area contributed by atoms with Gasteiger partial charge in [-0.05, 0) is 0 Å². The molecule has 0 saturated carbocycles. The molecule has 0 aromatic heterocycles. The van der Waals surface area contributed by atoms with Gasteiger partial charge in [-0.3, -0.25) is 14.1 Å². The number of hydrogen-bond donors (Lipinski definition) is 4. The molecule has 4 N–H and O–H groups in total. The molecule has 9 nitrogen and oxygen atoms in total. The summed E-state index contributed by atoms with van der Waals surface area (Å²) in [4.78, 5) is 47.7. The first-order valence-electron chi connectivity index (χ1n) is 3.34. The number of carboxylic acid groups (broad SMARTS) is 2. The summed E-state index contributed by atoms with van der Waals surface area (Å²) < 4.78 is 13.9. The van der Waals surface area contributed by atoms with Gasteiger partial charge in [0.2, 0.25) is 6.10 Å². The molecule has 15 heavy (non-hydrogen) atoms. The van der Waals surface area contributed by atoms with E-state index in [1.54, 1.807) is 0 Å². The number of phosphoric acid groups is 1. The summed E-state index contributed by atoms with van der Waals surface area (Å²) in [5.74, 6) is -5.05. The van der Waals surface area contributed by atoms with E-state index in [2.05, 4.69) is 4.52 Å². The molecule has 0 amide bonds. The fraction of sp³-hybridized carbons (Fsp3) is 0.400. The monoisotopic (exact) mass is 242 g/mol. The van der Waals surface area contributed by atoms with Crippen molar-refractivity contribution in [3.8, 4) is 0 Å². The number of phosphoric ester groups is 1. The highest BCUT2D eigenvalue weighted by atomic mass is 31.2. The molecule has 0 aliphatic rings. The molecule has 0 radical (unpaired) electrons. The smallest absolute Gasteiger partial charge is 0.470 e. The molecule has 0 aromatic rings. The second kappa shape index (κ2) is 4.99. The summed E-state index contributed by atoms with van der Waals surface area (Å²) in [6.45, 7) is 0. The van der Waals surface area contributed by atoms with Gasteiger partial charge in [0.05, 0.1) is 0 Å². The Balaban J connectivity index is 4.68. The summed E-state index contributed by atoms with van der Waals surface area (Å²) in [6, 6.07) is 0. The Labute approximate surface area is 82.5 Å². The van der Waals surface area contributed by atoms with Crippen LogP contribution in [0.15, 0.2) is 0 Å². The van der Waals surface area contributed by atoms with E-state index in [-0.39, 0.29) is 0 Å². The van der Waals surface area contributed by atoms with Crippen molar-refractivity contribution in [2.45, 2.75) is 12.5 Å². The molecule has 0 aliphatic carbocycles. The van der Waals surface area contributed by atoms with Crippen LogP contribution >= 0.6 is 7.82 Å². The lowest BCUT2D eigenvalue weighted by Gasteiger charge is -2.11. The first kappa shape index (κ1) is 13.7. The largest absolute Gasteiger partial charge is 0.481 e. The minimum Gasteiger partial charge on any atom is -0.481 e. The Morgan fingerprint density at radius 2 is 1.67 bits per heavy atom. The third-order valence-electron chi connectivity index (χ3n) is 1.08. The molecule has 0 aliphatic heterocycles. The fourth-order valence-electron chi connectivity index (χ4n) is 0.621. The minimum atomic E-state index is -5.17. The maximum Gasteiger partial charge on any atom is 0.470 e. The number of hydrogen-bond acceptors (Lipinski definition) is 5. The minimum absolute atomic E-state index is 1.20. The molecule has 0 rings (SSSR count). The van der Waals surface area contributed by atoms with Gasteiger partial charge in [-0.1, -0.05) is 0 Å². The van der Waals surface area contributed by atoms with Crippen LogP contribution in [0.5, 0.6) is 0 Å². The molecule has 0 bridgehead atoms. The van der Waals surface area contributed by atoms with Gasteiger partial charge in [-0.25, -0.2) is 9.36 Å². The molecular weight excluding hydrogens is 235 g/mol. The normalized spacial score (nSPS) is 13.2. The molecular formula is C5H7O9P. The Morgan fingerprint density at radius 1 is 1.20 bits per heavy atom. The topological polar surface area (TPSA) is 158 Å². The molecule has 86 valence electrons. The van der Waals surface area contributed by atoms with Crippen molar-refractivity contribution in [3.63, 3.8) is 0 Å². The standard InChI is InChI=1S/C5H7O9P/c6-2(1-3(7)8)4(5(9)10)14-15(11,12)13/h4H,1H2,(H,7,8)(H,9,10)(H2,11,12,13). The number of aliphatic carboxylic acids is 2. The Morgan fingerprint density at radius 3 is 1.93 bits per heavy atom. The molecule has 1 unspecified atom stereocenters. The molecule has 0 saturated heterocycles. The number of carboxylic acids is 2. The lowest BCUT2D eigenvalue weighted by Crippen LogP contribution is -2.33. The van der Waals surface area contributed by atoms with E-state index >= 15 is 0 Å². The number of carbonyl (C=O) groups excluding carboxylic acids is 1. The van der Waals surface area contributed by atoms with Crippen LogP contribution in [-0.2, 0) is 23.5 Å². The highest BCUT2D eigenvalue weighted by molar-refractivity contribution is 7.46. The highest BCUT2D eigenvalue weighted by Gasteiger charge is 2.34. The summed E-state index contributed by atoms with van der Waals surface area (Å²) >= 11 is 0. The van der Waals surface area contributed by atoms with E-state index in [9.17, 15) is 18.9 Å². The van der Waals surface area contributed by atoms with E-state index in [4.69, 9.17) is 20.0 Å². The van der Waals surface area contributed by atoms with Crippen LogP contribution in [0.25, 0.3) is 0 Å². The van der Waals surface area contributed by atoms with Crippen molar-refractivity contribution in [2.75, 3.05) is 0 Å². The average Bonchev–Trinajstić information content (AvgIpc) is 1.96. The van der Waals surface area contributed by atoms with Gasteiger partial charge in [-0.15, -0.1) is 0 Å². The van der Waals surface area contributed by atoms with Gasteiger partial charge in [0.15, 0.2) is 5.78 Å². The van der Waals surface area contributed by atoms with Crippen LogP contribution in [0.1, 0.15) is 6.42 Å². The summed E-state index contributed by atoms with van der Waals surface area (Å²) in [6.07, 6.45) is -3.68. The Hall–Kier alpha value is -1.28. The number of ketones is 1. The van der Waals surface area contributed by atoms with Crippen molar-refractivity contribution in [1.82, 2.24) is 0 Å². The van der Waals surface area contributed by atoms with E-state index in [0.717, 1.165) is 0 Å². The number of rotatable bonds is 6. The van der Waals surface area contributed by atoms with Gasteiger partial charge in [-0.2, -0.15) is 0 Å². The highest BCUT2D eigenvalue weighted by Crippen LogP contribution is 2.37. The van der Waals surface area contributed by atoms with E-state index < -0.39 is 38.1 Å². The lowest BCUT2D eigenvalue weighted by atomic mass is 10.2. The number of Topliss-reactive ketones (excluding diaryl/α,β-unsaturated/α-hetero) is 1.